The number of nitrogen functional groups attached to an aromatic ring is 1. The zero-order valence-corrected chi connectivity index (χ0v) is 11.9. The molecule has 0 amide bonds. The molecule has 1 atom stereocenters. The van der Waals surface area contributed by atoms with Crippen molar-refractivity contribution in [3.63, 3.8) is 0 Å². The Morgan fingerprint density at radius 2 is 2.40 bits per heavy atom. The smallest absolute Gasteiger partial charge is 0.341 e. The molecular formula is C14H21N3O3. The van der Waals surface area contributed by atoms with Gasteiger partial charge >= 0.3 is 5.97 Å². The van der Waals surface area contributed by atoms with Gasteiger partial charge < -0.3 is 20.5 Å². The maximum atomic E-state index is 12.0. The van der Waals surface area contributed by atoms with Crippen LogP contribution < -0.4 is 10.6 Å². The van der Waals surface area contributed by atoms with Crippen LogP contribution in [0.5, 0.6) is 0 Å². The first-order chi connectivity index (χ1) is 9.43. The number of hydrogen-bond acceptors (Lipinski definition) is 6. The highest BCUT2D eigenvalue weighted by Gasteiger charge is 2.31. The summed E-state index contributed by atoms with van der Waals surface area (Å²) in [5, 5.41) is 10.2. The number of nitrogens with zero attached hydrogens (tertiary/aromatic N) is 2. The predicted molar refractivity (Wildman–Crippen MR) is 76.7 cm³/mol. The third kappa shape index (κ3) is 3.19. The maximum absolute atomic E-state index is 12.0. The summed E-state index contributed by atoms with van der Waals surface area (Å²) in [6.07, 6.45) is 3.11. The molecule has 0 aliphatic carbocycles. The highest BCUT2D eigenvalue weighted by atomic mass is 16.5. The highest BCUT2D eigenvalue weighted by molar-refractivity contribution is 5.95. The van der Waals surface area contributed by atoms with E-state index in [4.69, 9.17) is 10.5 Å². The van der Waals surface area contributed by atoms with Crippen LogP contribution in [0.2, 0.25) is 0 Å². The Morgan fingerprint density at radius 1 is 1.65 bits per heavy atom. The van der Waals surface area contributed by atoms with Gasteiger partial charge in [0.2, 0.25) is 0 Å². The van der Waals surface area contributed by atoms with Crippen LogP contribution in [-0.4, -0.2) is 41.4 Å². The van der Waals surface area contributed by atoms with Gasteiger partial charge in [-0.15, -0.1) is 0 Å². The number of aliphatic hydroxyl groups is 1. The molecule has 1 fully saturated rings. The minimum Gasteiger partial charge on any atom is -0.462 e. The largest absolute Gasteiger partial charge is 0.462 e. The Hall–Kier alpha value is -1.82. The average molecular weight is 279 g/mol. The first kappa shape index (κ1) is 14.6. The number of rotatable bonds is 3. The first-order valence-corrected chi connectivity index (χ1v) is 6.83. The summed E-state index contributed by atoms with van der Waals surface area (Å²) in [5.41, 5.74) is 5.70. The fraction of sp³-hybridized carbons (Fsp3) is 0.571. The number of hydrogen-bond donors (Lipinski definition) is 2. The zero-order chi connectivity index (χ0) is 14.8. The molecule has 0 saturated carbocycles. The van der Waals surface area contributed by atoms with Gasteiger partial charge in [-0.1, -0.05) is 0 Å². The van der Waals surface area contributed by atoms with Crippen LogP contribution in [0.4, 0.5) is 11.5 Å². The van der Waals surface area contributed by atoms with E-state index in [0.717, 1.165) is 19.4 Å². The van der Waals surface area contributed by atoms with Crippen molar-refractivity contribution < 1.29 is 14.6 Å². The number of esters is 1. The molecule has 0 bridgehead atoms. The van der Waals surface area contributed by atoms with Crippen molar-refractivity contribution in [1.82, 2.24) is 4.98 Å². The molecule has 0 aromatic carbocycles. The molecule has 110 valence electrons. The molecule has 1 aliphatic heterocycles. The Kier molecular flexibility index (Phi) is 4.13. The van der Waals surface area contributed by atoms with E-state index in [1.165, 1.54) is 6.20 Å². The van der Waals surface area contributed by atoms with Crippen molar-refractivity contribution in [2.24, 2.45) is 0 Å². The fourth-order valence-corrected chi connectivity index (χ4v) is 2.49. The van der Waals surface area contributed by atoms with E-state index in [9.17, 15) is 9.90 Å². The molecule has 0 radical (unpaired) electrons. The Labute approximate surface area is 118 Å². The lowest BCUT2D eigenvalue weighted by molar-refractivity contribution is 0.0437. The number of carbonyl (C=O) groups excluding carboxylic acids is 1. The lowest BCUT2D eigenvalue weighted by Gasteiger charge is -2.38. The second kappa shape index (κ2) is 5.66. The third-order valence-corrected chi connectivity index (χ3v) is 3.36. The van der Waals surface area contributed by atoms with Gasteiger partial charge in [0, 0.05) is 13.1 Å². The minimum atomic E-state index is -0.771. The van der Waals surface area contributed by atoms with Gasteiger partial charge in [0.15, 0.2) is 0 Å². The van der Waals surface area contributed by atoms with E-state index in [1.54, 1.807) is 19.9 Å². The molecule has 0 spiro atoms. The predicted octanol–water partition coefficient (Wildman–Crippen LogP) is 1.19. The molecule has 6 nitrogen and oxygen atoms in total. The molecule has 3 N–H and O–H groups in total. The third-order valence-electron chi connectivity index (χ3n) is 3.36. The summed E-state index contributed by atoms with van der Waals surface area (Å²) in [6.45, 7) is 5.03. The number of nitrogens with two attached hydrogens (primary N) is 1. The van der Waals surface area contributed by atoms with Gasteiger partial charge in [0.05, 0.1) is 24.1 Å². The van der Waals surface area contributed by atoms with Crippen LogP contribution in [0, 0.1) is 0 Å². The molecule has 6 heteroatoms. The highest BCUT2D eigenvalue weighted by Crippen LogP contribution is 2.28. The molecule has 1 saturated heterocycles. The second-order valence-electron chi connectivity index (χ2n) is 5.38. The number of ether oxygens (including phenoxy) is 1. The van der Waals surface area contributed by atoms with Crippen molar-refractivity contribution in [3.8, 4) is 0 Å². The van der Waals surface area contributed by atoms with E-state index >= 15 is 0 Å². The van der Waals surface area contributed by atoms with Crippen molar-refractivity contribution in [3.05, 3.63) is 17.8 Å². The molecule has 1 aromatic heterocycles. The number of carbonyl (C=O) groups is 1. The first-order valence-electron chi connectivity index (χ1n) is 6.83. The van der Waals surface area contributed by atoms with Crippen molar-refractivity contribution in [2.45, 2.75) is 32.3 Å². The van der Waals surface area contributed by atoms with E-state index in [-0.39, 0.29) is 0 Å². The maximum Gasteiger partial charge on any atom is 0.341 e. The summed E-state index contributed by atoms with van der Waals surface area (Å²) >= 11 is 0. The quantitative estimate of drug-likeness (QED) is 0.808. The second-order valence-corrected chi connectivity index (χ2v) is 5.38. The molecule has 20 heavy (non-hydrogen) atoms. The number of β-amino-alcohol motifs (C(OH)–C–C–N with tert-alkyl or cyclic N) is 1. The Bertz CT molecular complexity index is 502. The van der Waals surface area contributed by atoms with Gasteiger partial charge in [0.1, 0.15) is 11.4 Å². The van der Waals surface area contributed by atoms with Gasteiger partial charge in [-0.05, 0) is 32.8 Å². The number of piperidine rings is 1. The lowest BCUT2D eigenvalue weighted by Crippen LogP contribution is -2.47. The van der Waals surface area contributed by atoms with E-state index in [0.29, 0.717) is 30.2 Å². The van der Waals surface area contributed by atoms with Crippen LogP contribution in [0.15, 0.2) is 12.3 Å². The zero-order valence-electron chi connectivity index (χ0n) is 11.9. The number of anilines is 2. The molecule has 2 heterocycles. The van der Waals surface area contributed by atoms with Crippen LogP contribution in [0.3, 0.4) is 0 Å². The number of aromatic nitrogens is 1. The van der Waals surface area contributed by atoms with Gasteiger partial charge in [-0.25, -0.2) is 9.78 Å². The summed E-state index contributed by atoms with van der Waals surface area (Å²) in [6, 6.07) is 1.57. The topological polar surface area (TPSA) is 88.7 Å². The average Bonchev–Trinajstić information content (AvgIpc) is 2.37. The molecule has 1 aliphatic rings. The number of pyridine rings is 1. The van der Waals surface area contributed by atoms with Crippen LogP contribution in [0.25, 0.3) is 0 Å². The van der Waals surface area contributed by atoms with Gasteiger partial charge in [-0.3, -0.25) is 0 Å². The minimum absolute atomic E-state index is 0.296. The van der Waals surface area contributed by atoms with E-state index in [2.05, 4.69) is 4.98 Å². The van der Waals surface area contributed by atoms with Crippen LogP contribution >= 0.6 is 0 Å². The molecular weight excluding hydrogens is 258 g/mol. The molecule has 1 unspecified atom stereocenters. The fourth-order valence-electron chi connectivity index (χ4n) is 2.49. The summed E-state index contributed by atoms with van der Waals surface area (Å²) in [4.78, 5) is 18.2. The van der Waals surface area contributed by atoms with Crippen LogP contribution in [0.1, 0.15) is 37.0 Å². The molecule has 2 rings (SSSR count). The van der Waals surface area contributed by atoms with Crippen molar-refractivity contribution in [1.29, 1.82) is 0 Å². The van der Waals surface area contributed by atoms with Gasteiger partial charge in [-0.2, -0.15) is 0 Å². The Morgan fingerprint density at radius 3 is 3.05 bits per heavy atom. The monoisotopic (exact) mass is 279 g/mol. The summed E-state index contributed by atoms with van der Waals surface area (Å²) in [5.74, 6) is 0.0881. The lowest BCUT2D eigenvalue weighted by atomic mass is 9.95. The van der Waals surface area contributed by atoms with Crippen molar-refractivity contribution in [2.75, 3.05) is 30.3 Å². The normalized spacial score (nSPS) is 22.6. The SMILES string of the molecule is CCOC(=O)c1cc(N)cnc1N1CCCC(C)(O)C1. The Balaban J connectivity index is 2.33. The van der Waals surface area contributed by atoms with Crippen molar-refractivity contribution >= 4 is 17.5 Å². The van der Waals surface area contributed by atoms with Crippen LogP contribution in [-0.2, 0) is 4.74 Å². The van der Waals surface area contributed by atoms with E-state index < -0.39 is 11.6 Å². The summed E-state index contributed by atoms with van der Waals surface area (Å²) < 4.78 is 5.04. The van der Waals surface area contributed by atoms with E-state index in [1.807, 2.05) is 4.90 Å². The summed E-state index contributed by atoms with van der Waals surface area (Å²) in [7, 11) is 0. The van der Waals surface area contributed by atoms with Gasteiger partial charge in [0.25, 0.3) is 0 Å². The molecule has 1 aromatic rings. The standard InChI is InChI=1S/C14H21N3O3/c1-3-20-13(18)11-7-10(15)8-16-12(11)17-6-4-5-14(2,19)9-17/h7-8,19H,3-6,9,15H2,1-2H3.